The topological polar surface area (TPSA) is 36.4 Å². The molecule has 2 heterocycles. The van der Waals surface area contributed by atoms with Crippen molar-refractivity contribution in [2.75, 3.05) is 11.4 Å². The van der Waals surface area contributed by atoms with Crippen molar-refractivity contribution in [3.05, 3.63) is 22.8 Å². The van der Waals surface area contributed by atoms with E-state index >= 15 is 0 Å². The number of pyridine rings is 1. The van der Waals surface area contributed by atoms with Crippen LogP contribution in [0.15, 0.2) is 12.3 Å². The van der Waals surface area contributed by atoms with Gasteiger partial charge in [0.2, 0.25) is 0 Å². The Balaban J connectivity index is 2.34. The highest BCUT2D eigenvalue weighted by Gasteiger charge is 2.32. The molecule has 0 saturated carbocycles. The van der Waals surface area contributed by atoms with E-state index in [1.54, 1.807) is 6.20 Å². The first-order valence-corrected chi connectivity index (χ1v) is 5.95. The van der Waals surface area contributed by atoms with E-state index < -0.39 is 0 Å². The number of aliphatic hydroxyl groups excluding tert-OH is 1. The van der Waals surface area contributed by atoms with E-state index in [4.69, 9.17) is 11.6 Å². The Morgan fingerprint density at radius 3 is 2.88 bits per heavy atom. The molecule has 0 unspecified atom stereocenters. The summed E-state index contributed by atoms with van der Waals surface area (Å²) in [6.07, 6.45) is 3.98. The summed E-state index contributed by atoms with van der Waals surface area (Å²) in [6, 6.07) is 1.88. The van der Waals surface area contributed by atoms with Gasteiger partial charge in [0.15, 0.2) is 0 Å². The summed E-state index contributed by atoms with van der Waals surface area (Å²) in [5.41, 5.74) is 0.891. The van der Waals surface area contributed by atoms with Crippen LogP contribution >= 0.6 is 11.6 Å². The van der Waals surface area contributed by atoms with Gasteiger partial charge in [-0.2, -0.15) is 0 Å². The predicted molar refractivity (Wildman–Crippen MR) is 65.8 cm³/mol. The lowest BCUT2D eigenvalue weighted by atomic mass is 10.0. The first-order chi connectivity index (χ1) is 7.54. The van der Waals surface area contributed by atoms with Gasteiger partial charge in [0.05, 0.1) is 11.6 Å². The average Bonchev–Trinajstić information content (AvgIpc) is 2.59. The minimum absolute atomic E-state index is 0.0391. The fourth-order valence-corrected chi connectivity index (χ4v) is 2.43. The van der Waals surface area contributed by atoms with Crippen molar-refractivity contribution >= 4 is 17.4 Å². The zero-order chi connectivity index (χ0) is 11.8. The molecule has 88 valence electrons. The molecular formula is C12H17ClN2O. The van der Waals surface area contributed by atoms with Gasteiger partial charge < -0.3 is 10.0 Å². The fourth-order valence-electron chi connectivity index (χ4n) is 2.27. The molecule has 1 aliphatic rings. The Kier molecular flexibility index (Phi) is 3.08. The SMILES string of the molecule is CC1(C)CCCN1c1cc(CO)c(Cl)cn1. The molecule has 1 fully saturated rings. The molecule has 1 N–H and O–H groups in total. The monoisotopic (exact) mass is 240 g/mol. The van der Waals surface area contributed by atoms with Crippen LogP contribution in [-0.4, -0.2) is 22.2 Å². The van der Waals surface area contributed by atoms with E-state index in [-0.39, 0.29) is 12.1 Å². The quantitative estimate of drug-likeness (QED) is 0.863. The van der Waals surface area contributed by atoms with Crippen LogP contribution in [0.3, 0.4) is 0 Å². The molecule has 0 aromatic carbocycles. The normalized spacial score (nSPS) is 19.1. The Labute approximate surface area is 101 Å². The van der Waals surface area contributed by atoms with Crippen molar-refractivity contribution in [2.24, 2.45) is 0 Å². The molecule has 3 nitrogen and oxygen atoms in total. The molecule has 1 aromatic rings. The molecule has 0 aliphatic carbocycles. The first-order valence-electron chi connectivity index (χ1n) is 5.57. The van der Waals surface area contributed by atoms with Crippen molar-refractivity contribution in [1.29, 1.82) is 0 Å². The van der Waals surface area contributed by atoms with Gasteiger partial charge in [-0.1, -0.05) is 11.6 Å². The highest BCUT2D eigenvalue weighted by Crippen LogP contribution is 2.33. The third-order valence-corrected chi connectivity index (χ3v) is 3.61. The predicted octanol–water partition coefficient (Wildman–Crippen LogP) is 2.61. The molecule has 1 aliphatic heterocycles. The van der Waals surface area contributed by atoms with E-state index in [0.717, 1.165) is 17.9 Å². The zero-order valence-corrected chi connectivity index (χ0v) is 10.5. The minimum atomic E-state index is -0.0391. The number of halogens is 1. The molecule has 0 radical (unpaired) electrons. The summed E-state index contributed by atoms with van der Waals surface area (Å²) in [5.74, 6) is 0.913. The van der Waals surface area contributed by atoms with Gasteiger partial charge in [0, 0.05) is 23.8 Å². The third kappa shape index (κ3) is 2.02. The smallest absolute Gasteiger partial charge is 0.129 e. The average molecular weight is 241 g/mol. The Hall–Kier alpha value is -0.800. The summed E-state index contributed by atoms with van der Waals surface area (Å²) < 4.78 is 0. The van der Waals surface area contributed by atoms with Crippen LogP contribution in [0, 0.1) is 0 Å². The van der Waals surface area contributed by atoms with Gasteiger partial charge in [-0.15, -0.1) is 0 Å². The lowest BCUT2D eigenvalue weighted by Crippen LogP contribution is -2.38. The van der Waals surface area contributed by atoms with Crippen molar-refractivity contribution in [3.63, 3.8) is 0 Å². The van der Waals surface area contributed by atoms with Gasteiger partial charge in [-0.05, 0) is 32.8 Å². The summed E-state index contributed by atoms with van der Waals surface area (Å²) in [6.45, 7) is 5.42. The van der Waals surface area contributed by atoms with Crippen molar-refractivity contribution in [2.45, 2.75) is 38.8 Å². The summed E-state index contributed by atoms with van der Waals surface area (Å²) in [5, 5.41) is 9.72. The van der Waals surface area contributed by atoms with Gasteiger partial charge in [0.1, 0.15) is 5.82 Å². The maximum Gasteiger partial charge on any atom is 0.129 e. The molecule has 0 atom stereocenters. The molecular weight excluding hydrogens is 224 g/mol. The third-order valence-electron chi connectivity index (χ3n) is 3.27. The zero-order valence-electron chi connectivity index (χ0n) is 9.70. The lowest BCUT2D eigenvalue weighted by molar-refractivity contribution is 0.282. The second kappa shape index (κ2) is 4.22. The number of hydrogen-bond donors (Lipinski definition) is 1. The fraction of sp³-hybridized carbons (Fsp3) is 0.583. The van der Waals surface area contributed by atoms with Crippen LogP contribution in [0.4, 0.5) is 5.82 Å². The van der Waals surface area contributed by atoms with Crippen LogP contribution in [0.5, 0.6) is 0 Å². The van der Waals surface area contributed by atoms with E-state index in [2.05, 4.69) is 23.7 Å². The first kappa shape index (κ1) is 11.7. The van der Waals surface area contributed by atoms with Crippen LogP contribution < -0.4 is 4.90 Å². The van der Waals surface area contributed by atoms with Crippen molar-refractivity contribution < 1.29 is 5.11 Å². The molecule has 0 spiro atoms. The van der Waals surface area contributed by atoms with E-state index in [9.17, 15) is 5.11 Å². The van der Waals surface area contributed by atoms with Crippen molar-refractivity contribution in [3.8, 4) is 0 Å². The van der Waals surface area contributed by atoms with Gasteiger partial charge in [-0.25, -0.2) is 4.98 Å². The molecule has 1 saturated heterocycles. The Morgan fingerprint density at radius 2 is 2.31 bits per heavy atom. The van der Waals surface area contributed by atoms with Crippen LogP contribution in [0.2, 0.25) is 5.02 Å². The van der Waals surface area contributed by atoms with Crippen LogP contribution in [-0.2, 0) is 6.61 Å². The largest absolute Gasteiger partial charge is 0.392 e. The second-order valence-electron chi connectivity index (χ2n) is 4.86. The van der Waals surface area contributed by atoms with Crippen LogP contribution in [0.25, 0.3) is 0 Å². The lowest BCUT2D eigenvalue weighted by Gasteiger charge is -2.32. The maximum atomic E-state index is 9.19. The molecule has 1 aromatic heterocycles. The maximum absolute atomic E-state index is 9.19. The van der Waals surface area contributed by atoms with E-state index in [1.165, 1.54) is 12.8 Å². The van der Waals surface area contributed by atoms with Crippen LogP contribution in [0.1, 0.15) is 32.3 Å². The molecule has 0 bridgehead atoms. The molecule has 0 amide bonds. The number of aliphatic hydroxyl groups is 1. The number of aromatic nitrogens is 1. The number of rotatable bonds is 2. The number of nitrogens with zero attached hydrogens (tertiary/aromatic N) is 2. The molecule has 16 heavy (non-hydrogen) atoms. The second-order valence-corrected chi connectivity index (χ2v) is 5.27. The highest BCUT2D eigenvalue weighted by atomic mass is 35.5. The Bertz CT molecular complexity index is 393. The highest BCUT2D eigenvalue weighted by molar-refractivity contribution is 6.31. The molecule has 4 heteroatoms. The number of hydrogen-bond acceptors (Lipinski definition) is 3. The van der Waals surface area contributed by atoms with E-state index in [0.29, 0.717) is 5.02 Å². The van der Waals surface area contributed by atoms with E-state index in [1.807, 2.05) is 6.07 Å². The summed E-state index contributed by atoms with van der Waals surface area (Å²) in [4.78, 5) is 6.63. The minimum Gasteiger partial charge on any atom is -0.392 e. The molecule has 2 rings (SSSR count). The number of anilines is 1. The van der Waals surface area contributed by atoms with Gasteiger partial charge in [-0.3, -0.25) is 0 Å². The van der Waals surface area contributed by atoms with Gasteiger partial charge >= 0.3 is 0 Å². The summed E-state index contributed by atoms with van der Waals surface area (Å²) in [7, 11) is 0. The standard InChI is InChI=1S/C12H17ClN2O/c1-12(2)4-3-5-15(12)11-6-9(8-16)10(13)7-14-11/h6-7,16H,3-5,8H2,1-2H3. The summed E-state index contributed by atoms with van der Waals surface area (Å²) >= 11 is 5.93. The van der Waals surface area contributed by atoms with Crippen molar-refractivity contribution in [1.82, 2.24) is 4.98 Å². The van der Waals surface area contributed by atoms with Gasteiger partial charge in [0.25, 0.3) is 0 Å². The Morgan fingerprint density at radius 1 is 1.56 bits per heavy atom.